The minimum absolute atomic E-state index is 0.127. The van der Waals surface area contributed by atoms with Crippen LogP contribution < -0.4 is 19.7 Å². The van der Waals surface area contributed by atoms with Crippen LogP contribution in [0.15, 0.2) is 30.3 Å². The van der Waals surface area contributed by atoms with Crippen LogP contribution in [0.2, 0.25) is 0 Å². The van der Waals surface area contributed by atoms with Crippen LogP contribution in [0.5, 0.6) is 11.5 Å². The fourth-order valence-electron chi connectivity index (χ4n) is 3.68. The Kier molecular flexibility index (Phi) is 6.27. The van der Waals surface area contributed by atoms with Gasteiger partial charge in [-0.3, -0.25) is 14.9 Å². The maximum absolute atomic E-state index is 13.7. The molecule has 33 heavy (non-hydrogen) atoms. The average Bonchev–Trinajstić information content (AvgIpc) is 2.81. The Bertz CT molecular complexity index is 1070. The number of carbonyl (C=O) groups is 1. The SMILES string of the molecule is O=C(NCc1ccc(N2CCOCC2)cc1C(F)(F)F)c1cc2c(cc1[N+](=O)[O-])OCCO2. The molecular formula is C21H20F3N3O6. The van der Waals surface area contributed by atoms with Crippen LogP contribution in [0, 0.1) is 10.1 Å². The lowest BCUT2D eigenvalue weighted by Crippen LogP contribution is -2.36. The van der Waals surface area contributed by atoms with E-state index >= 15 is 0 Å². The fraction of sp³-hybridized carbons (Fsp3) is 0.381. The van der Waals surface area contributed by atoms with E-state index in [-0.39, 0.29) is 35.8 Å². The van der Waals surface area contributed by atoms with Gasteiger partial charge in [-0.25, -0.2) is 0 Å². The summed E-state index contributed by atoms with van der Waals surface area (Å²) in [6, 6.07) is 6.12. The number of nitrogens with one attached hydrogen (secondary N) is 1. The number of halogens is 3. The first-order valence-electron chi connectivity index (χ1n) is 10.1. The van der Waals surface area contributed by atoms with Crippen molar-refractivity contribution in [2.24, 2.45) is 0 Å². The summed E-state index contributed by atoms with van der Waals surface area (Å²) in [6.07, 6.45) is -4.65. The van der Waals surface area contributed by atoms with Crippen molar-refractivity contribution in [3.8, 4) is 11.5 Å². The predicted octanol–water partition coefficient (Wildman–Crippen LogP) is 3.15. The molecule has 2 heterocycles. The molecule has 1 saturated heterocycles. The van der Waals surface area contributed by atoms with E-state index < -0.39 is 34.8 Å². The lowest BCUT2D eigenvalue weighted by Gasteiger charge is -2.29. The minimum Gasteiger partial charge on any atom is -0.486 e. The minimum atomic E-state index is -4.65. The Morgan fingerprint density at radius 1 is 1.06 bits per heavy atom. The Balaban J connectivity index is 1.57. The summed E-state index contributed by atoms with van der Waals surface area (Å²) in [5.74, 6) is -0.616. The molecular weight excluding hydrogens is 447 g/mol. The quantitative estimate of drug-likeness (QED) is 0.532. The summed E-state index contributed by atoms with van der Waals surface area (Å²) in [5.41, 5.74) is -1.50. The molecule has 0 saturated carbocycles. The first kappa shape index (κ1) is 22.6. The van der Waals surface area contributed by atoms with Gasteiger partial charge in [0.05, 0.1) is 29.8 Å². The van der Waals surface area contributed by atoms with Crippen LogP contribution in [0.3, 0.4) is 0 Å². The molecule has 0 radical (unpaired) electrons. The highest BCUT2D eigenvalue weighted by Gasteiger charge is 2.34. The largest absolute Gasteiger partial charge is 0.486 e. The number of rotatable bonds is 5. The third-order valence-electron chi connectivity index (χ3n) is 5.32. The molecule has 2 aliphatic rings. The summed E-state index contributed by atoms with van der Waals surface area (Å²) in [6.45, 7) is 1.73. The Morgan fingerprint density at radius 2 is 1.73 bits per heavy atom. The molecule has 2 aliphatic heterocycles. The number of hydrogen-bond acceptors (Lipinski definition) is 7. The number of carbonyl (C=O) groups excluding carboxylic acids is 1. The number of benzene rings is 2. The lowest BCUT2D eigenvalue weighted by molar-refractivity contribution is -0.385. The van der Waals surface area contributed by atoms with Crippen LogP contribution in [0.4, 0.5) is 24.5 Å². The van der Waals surface area contributed by atoms with Crippen molar-refractivity contribution in [1.29, 1.82) is 0 Å². The fourth-order valence-corrected chi connectivity index (χ4v) is 3.68. The standard InChI is InChI=1S/C21H20F3N3O6/c22-21(23,24)16-9-14(26-3-5-31-6-4-26)2-1-13(16)12-25-20(28)15-10-18-19(33-8-7-32-18)11-17(15)27(29)30/h1-2,9-11H,3-8,12H2,(H,25,28). The highest BCUT2D eigenvalue weighted by Crippen LogP contribution is 2.37. The number of fused-ring (bicyclic) bond motifs is 1. The first-order valence-corrected chi connectivity index (χ1v) is 10.1. The van der Waals surface area contributed by atoms with Crippen molar-refractivity contribution in [2.75, 3.05) is 44.4 Å². The Labute approximate surface area is 186 Å². The number of morpholine rings is 1. The summed E-state index contributed by atoms with van der Waals surface area (Å²) in [5, 5.41) is 13.8. The monoisotopic (exact) mass is 467 g/mol. The van der Waals surface area contributed by atoms with E-state index in [0.717, 1.165) is 18.2 Å². The van der Waals surface area contributed by atoms with Crippen LogP contribution in [0.25, 0.3) is 0 Å². The van der Waals surface area contributed by atoms with E-state index in [1.54, 1.807) is 11.0 Å². The van der Waals surface area contributed by atoms with Crippen LogP contribution in [0.1, 0.15) is 21.5 Å². The van der Waals surface area contributed by atoms with Crippen LogP contribution in [-0.4, -0.2) is 50.3 Å². The van der Waals surface area contributed by atoms with E-state index in [0.29, 0.717) is 32.0 Å². The number of nitro benzene ring substituents is 1. The normalized spacial score (nSPS) is 15.8. The average molecular weight is 467 g/mol. The van der Waals surface area contributed by atoms with Gasteiger partial charge in [0.25, 0.3) is 11.6 Å². The molecule has 0 unspecified atom stereocenters. The molecule has 0 aromatic heterocycles. The zero-order chi connectivity index (χ0) is 23.6. The van der Waals surface area contributed by atoms with Gasteiger partial charge in [-0.15, -0.1) is 0 Å². The van der Waals surface area contributed by atoms with Crippen molar-refractivity contribution >= 4 is 17.3 Å². The first-order chi connectivity index (χ1) is 15.7. The number of alkyl halides is 3. The number of ether oxygens (including phenoxy) is 3. The lowest BCUT2D eigenvalue weighted by atomic mass is 10.0. The third-order valence-corrected chi connectivity index (χ3v) is 5.32. The maximum Gasteiger partial charge on any atom is 0.416 e. The molecule has 0 atom stereocenters. The van der Waals surface area contributed by atoms with Gasteiger partial charge in [-0.05, 0) is 17.7 Å². The number of nitro groups is 1. The number of amides is 1. The molecule has 1 amide bonds. The number of nitrogens with zero attached hydrogens (tertiary/aromatic N) is 2. The molecule has 1 fully saturated rings. The van der Waals surface area contributed by atoms with Crippen LogP contribution >= 0.6 is 0 Å². The zero-order valence-electron chi connectivity index (χ0n) is 17.3. The number of anilines is 1. The summed E-state index contributed by atoms with van der Waals surface area (Å²) in [7, 11) is 0. The molecule has 9 nitrogen and oxygen atoms in total. The maximum atomic E-state index is 13.7. The zero-order valence-corrected chi connectivity index (χ0v) is 17.3. The second-order valence-corrected chi connectivity index (χ2v) is 7.39. The Morgan fingerprint density at radius 3 is 2.36 bits per heavy atom. The Hall–Kier alpha value is -3.54. The van der Waals surface area contributed by atoms with E-state index in [1.165, 1.54) is 6.07 Å². The van der Waals surface area contributed by atoms with E-state index in [4.69, 9.17) is 14.2 Å². The predicted molar refractivity (Wildman–Crippen MR) is 110 cm³/mol. The van der Waals surface area contributed by atoms with Crippen molar-refractivity contribution in [3.05, 3.63) is 57.1 Å². The third kappa shape index (κ3) is 4.95. The van der Waals surface area contributed by atoms with Gasteiger partial charge in [0.15, 0.2) is 11.5 Å². The molecule has 1 N–H and O–H groups in total. The van der Waals surface area contributed by atoms with Gasteiger partial charge >= 0.3 is 6.18 Å². The van der Waals surface area contributed by atoms with E-state index in [1.807, 2.05) is 0 Å². The molecule has 2 aromatic rings. The highest BCUT2D eigenvalue weighted by atomic mass is 19.4. The molecule has 0 bridgehead atoms. The second-order valence-electron chi connectivity index (χ2n) is 7.39. The molecule has 2 aromatic carbocycles. The number of hydrogen-bond donors (Lipinski definition) is 1. The molecule has 0 spiro atoms. The van der Waals surface area contributed by atoms with Crippen molar-refractivity contribution in [1.82, 2.24) is 5.32 Å². The molecule has 176 valence electrons. The van der Waals surface area contributed by atoms with Crippen molar-refractivity contribution in [2.45, 2.75) is 12.7 Å². The van der Waals surface area contributed by atoms with Gasteiger partial charge in [0.2, 0.25) is 0 Å². The van der Waals surface area contributed by atoms with Crippen molar-refractivity contribution in [3.63, 3.8) is 0 Å². The summed E-state index contributed by atoms with van der Waals surface area (Å²) in [4.78, 5) is 25.1. The molecule has 0 aliphatic carbocycles. The van der Waals surface area contributed by atoms with Gasteiger partial charge in [0.1, 0.15) is 18.8 Å². The van der Waals surface area contributed by atoms with Gasteiger partial charge in [0, 0.05) is 31.4 Å². The summed E-state index contributed by atoms with van der Waals surface area (Å²) < 4.78 is 57.1. The molecule has 12 heteroatoms. The van der Waals surface area contributed by atoms with Gasteiger partial charge in [-0.2, -0.15) is 13.2 Å². The summed E-state index contributed by atoms with van der Waals surface area (Å²) >= 11 is 0. The smallest absolute Gasteiger partial charge is 0.416 e. The second kappa shape index (κ2) is 9.14. The highest BCUT2D eigenvalue weighted by molar-refractivity contribution is 5.99. The topological polar surface area (TPSA) is 103 Å². The van der Waals surface area contributed by atoms with E-state index in [2.05, 4.69) is 5.32 Å². The van der Waals surface area contributed by atoms with E-state index in [9.17, 15) is 28.1 Å². The van der Waals surface area contributed by atoms with Crippen molar-refractivity contribution < 1.29 is 37.1 Å². The van der Waals surface area contributed by atoms with Gasteiger partial charge in [-0.1, -0.05) is 6.07 Å². The van der Waals surface area contributed by atoms with Crippen LogP contribution in [-0.2, 0) is 17.5 Å². The van der Waals surface area contributed by atoms with Gasteiger partial charge < -0.3 is 24.4 Å². The molecule has 4 rings (SSSR count).